The van der Waals surface area contributed by atoms with Crippen LogP contribution in [0.15, 0.2) is 18.5 Å². The number of aromatic nitrogens is 1. The summed E-state index contributed by atoms with van der Waals surface area (Å²) in [7, 11) is 0. The molecular formula is C14H22N2O2. The molecule has 1 saturated heterocycles. The Morgan fingerprint density at radius 1 is 1.50 bits per heavy atom. The Bertz CT molecular complexity index is 384. The smallest absolute Gasteiger partial charge is 0.137 e. The quantitative estimate of drug-likeness (QED) is 0.872. The zero-order chi connectivity index (χ0) is 13.0. The van der Waals surface area contributed by atoms with Crippen LogP contribution in [0.3, 0.4) is 0 Å². The van der Waals surface area contributed by atoms with Gasteiger partial charge in [0.1, 0.15) is 5.75 Å². The second-order valence-corrected chi connectivity index (χ2v) is 4.89. The van der Waals surface area contributed by atoms with Gasteiger partial charge >= 0.3 is 0 Å². The first-order valence-electron chi connectivity index (χ1n) is 6.69. The third kappa shape index (κ3) is 3.21. The molecule has 100 valence electrons. The molecule has 1 fully saturated rings. The van der Waals surface area contributed by atoms with Gasteiger partial charge in [0.25, 0.3) is 0 Å². The number of hydrogen-bond donors (Lipinski definition) is 1. The maximum atomic E-state index is 6.24. The molecule has 1 aliphatic rings. The van der Waals surface area contributed by atoms with Crippen LogP contribution < -0.4 is 10.5 Å². The fourth-order valence-corrected chi connectivity index (χ4v) is 2.23. The molecule has 0 saturated carbocycles. The van der Waals surface area contributed by atoms with E-state index in [0.717, 1.165) is 30.6 Å². The van der Waals surface area contributed by atoms with Gasteiger partial charge < -0.3 is 15.2 Å². The molecule has 1 aromatic rings. The van der Waals surface area contributed by atoms with Crippen LogP contribution in [-0.2, 0) is 4.74 Å². The van der Waals surface area contributed by atoms with Gasteiger partial charge in [-0.25, -0.2) is 0 Å². The molecule has 0 aromatic carbocycles. The Hall–Kier alpha value is -1.13. The molecule has 2 rings (SSSR count). The number of pyridine rings is 1. The first-order valence-corrected chi connectivity index (χ1v) is 6.69. The van der Waals surface area contributed by atoms with E-state index in [2.05, 4.69) is 18.8 Å². The molecular weight excluding hydrogens is 228 g/mol. The predicted octanol–water partition coefficient (Wildman–Crippen LogP) is 2.44. The van der Waals surface area contributed by atoms with Gasteiger partial charge in [0.2, 0.25) is 0 Å². The molecule has 3 unspecified atom stereocenters. The molecule has 18 heavy (non-hydrogen) atoms. The average Bonchev–Trinajstić information content (AvgIpc) is 2.82. The van der Waals surface area contributed by atoms with Crippen molar-refractivity contribution in [3.8, 4) is 5.75 Å². The average molecular weight is 250 g/mol. The van der Waals surface area contributed by atoms with Gasteiger partial charge in [-0.1, -0.05) is 6.92 Å². The van der Waals surface area contributed by atoms with Crippen LogP contribution >= 0.6 is 0 Å². The number of rotatable bonds is 5. The van der Waals surface area contributed by atoms with Crippen molar-refractivity contribution in [2.45, 2.75) is 51.4 Å². The molecule has 0 bridgehead atoms. The second kappa shape index (κ2) is 6.16. The zero-order valence-electron chi connectivity index (χ0n) is 11.1. The van der Waals surface area contributed by atoms with Crippen molar-refractivity contribution in [1.82, 2.24) is 4.98 Å². The SMILES string of the molecule is CCCOc1cncc(C(N)C2CCC(C)O2)c1. The predicted molar refractivity (Wildman–Crippen MR) is 70.5 cm³/mol. The number of nitrogens with zero attached hydrogens (tertiary/aromatic N) is 1. The number of hydrogen-bond acceptors (Lipinski definition) is 4. The first kappa shape index (κ1) is 13.3. The normalized spacial score (nSPS) is 25.1. The van der Waals surface area contributed by atoms with Gasteiger partial charge in [0.05, 0.1) is 31.1 Å². The maximum Gasteiger partial charge on any atom is 0.137 e. The summed E-state index contributed by atoms with van der Waals surface area (Å²) in [6.45, 7) is 4.87. The molecule has 4 nitrogen and oxygen atoms in total. The van der Waals surface area contributed by atoms with Crippen molar-refractivity contribution in [3.63, 3.8) is 0 Å². The fraction of sp³-hybridized carbons (Fsp3) is 0.643. The van der Waals surface area contributed by atoms with Gasteiger partial charge in [-0.05, 0) is 37.8 Å². The number of ether oxygens (including phenoxy) is 2. The Labute approximate surface area is 108 Å². The molecule has 1 aliphatic heterocycles. The highest BCUT2D eigenvalue weighted by molar-refractivity contribution is 5.26. The number of nitrogens with two attached hydrogens (primary N) is 1. The van der Waals surface area contributed by atoms with Crippen molar-refractivity contribution < 1.29 is 9.47 Å². The highest BCUT2D eigenvalue weighted by atomic mass is 16.5. The van der Waals surface area contributed by atoms with E-state index in [-0.39, 0.29) is 12.1 Å². The molecule has 2 heterocycles. The standard InChI is InChI=1S/C14H22N2O2/c1-3-6-17-12-7-11(8-16-9-12)14(15)13-5-4-10(2)18-13/h7-10,13-14H,3-6,15H2,1-2H3. The van der Waals surface area contributed by atoms with Gasteiger partial charge in [0.15, 0.2) is 0 Å². The van der Waals surface area contributed by atoms with Crippen molar-refractivity contribution in [2.24, 2.45) is 5.73 Å². The summed E-state index contributed by atoms with van der Waals surface area (Å²) in [6, 6.07) is 1.85. The highest BCUT2D eigenvalue weighted by Gasteiger charge is 2.28. The summed E-state index contributed by atoms with van der Waals surface area (Å²) >= 11 is 0. The van der Waals surface area contributed by atoms with Crippen LogP contribution in [0.4, 0.5) is 0 Å². The van der Waals surface area contributed by atoms with Crippen molar-refractivity contribution in [3.05, 3.63) is 24.0 Å². The lowest BCUT2D eigenvalue weighted by atomic mass is 10.0. The Morgan fingerprint density at radius 2 is 2.33 bits per heavy atom. The van der Waals surface area contributed by atoms with E-state index in [1.807, 2.05) is 6.07 Å². The van der Waals surface area contributed by atoms with Gasteiger partial charge in [-0.3, -0.25) is 4.98 Å². The topological polar surface area (TPSA) is 57.4 Å². The van der Waals surface area contributed by atoms with E-state index in [9.17, 15) is 0 Å². The summed E-state index contributed by atoms with van der Waals surface area (Å²) in [5.41, 5.74) is 7.23. The van der Waals surface area contributed by atoms with Crippen molar-refractivity contribution in [2.75, 3.05) is 6.61 Å². The van der Waals surface area contributed by atoms with Crippen molar-refractivity contribution >= 4 is 0 Å². The Balaban J connectivity index is 2.03. The summed E-state index contributed by atoms with van der Waals surface area (Å²) < 4.78 is 11.4. The van der Waals surface area contributed by atoms with Crippen LogP contribution in [-0.4, -0.2) is 23.8 Å². The Kier molecular flexibility index (Phi) is 4.55. The van der Waals surface area contributed by atoms with Gasteiger partial charge in [0, 0.05) is 6.20 Å². The van der Waals surface area contributed by atoms with Crippen LogP contribution in [0.2, 0.25) is 0 Å². The lowest BCUT2D eigenvalue weighted by molar-refractivity contribution is 0.0400. The summed E-state index contributed by atoms with van der Waals surface area (Å²) in [5.74, 6) is 0.788. The lowest BCUT2D eigenvalue weighted by Crippen LogP contribution is -2.26. The molecule has 4 heteroatoms. The molecule has 3 atom stereocenters. The third-order valence-corrected chi connectivity index (χ3v) is 3.26. The minimum Gasteiger partial charge on any atom is -0.492 e. The van der Waals surface area contributed by atoms with Crippen LogP contribution in [0.5, 0.6) is 5.75 Å². The summed E-state index contributed by atoms with van der Waals surface area (Å²) in [4.78, 5) is 4.19. The summed E-state index contributed by atoms with van der Waals surface area (Å²) in [5, 5.41) is 0. The fourth-order valence-electron chi connectivity index (χ4n) is 2.23. The van der Waals surface area contributed by atoms with E-state index in [1.165, 1.54) is 0 Å². The second-order valence-electron chi connectivity index (χ2n) is 4.89. The molecule has 0 radical (unpaired) electrons. The molecule has 1 aromatic heterocycles. The summed E-state index contributed by atoms with van der Waals surface area (Å²) in [6.07, 6.45) is 7.02. The maximum absolute atomic E-state index is 6.24. The zero-order valence-corrected chi connectivity index (χ0v) is 11.1. The van der Waals surface area contributed by atoms with Gasteiger partial charge in [-0.15, -0.1) is 0 Å². The third-order valence-electron chi connectivity index (χ3n) is 3.26. The first-order chi connectivity index (χ1) is 8.70. The Morgan fingerprint density at radius 3 is 3.00 bits per heavy atom. The van der Waals surface area contributed by atoms with Crippen LogP contribution in [0, 0.1) is 0 Å². The van der Waals surface area contributed by atoms with E-state index < -0.39 is 0 Å². The monoisotopic (exact) mass is 250 g/mol. The van der Waals surface area contributed by atoms with E-state index in [0.29, 0.717) is 12.7 Å². The van der Waals surface area contributed by atoms with E-state index in [4.69, 9.17) is 15.2 Å². The van der Waals surface area contributed by atoms with E-state index in [1.54, 1.807) is 12.4 Å². The molecule has 0 amide bonds. The lowest BCUT2D eigenvalue weighted by Gasteiger charge is -2.20. The minimum absolute atomic E-state index is 0.100. The molecule has 2 N–H and O–H groups in total. The van der Waals surface area contributed by atoms with Crippen LogP contribution in [0.25, 0.3) is 0 Å². The minimum atomic E-state index is -0.118. The largest absolute Gasteiger partial charge is 0.492 e. The molecule has 0 spiro atoms. The molecule has 0 aliphatic carbocycles. The van der Waals surface area contributed by atoms with E-state index >= 15 is 0 Å². The van der Waals surface area contributed by atoms with Gasteiger partial charge in [-0.2, -0.15) is 0 Å². The van der Waals surface area contributed by atoms with Crippen LogP contribution in [0.1, 0.15) is 44.7 Å². The highest BCUT2D eigenvalue weighted by Crippen LogP contribution is 2.29. The van der Waals surface area contributed by atoms with Crippen molar-refractivity contribution in [1.29, 1.82) is 0 Å².